The molecular formula is C21H23N3O3. The third-order valence-electron chi connectivity index (χ3n) is 5.03. The molecule has 6 nitrogen and oxygen atoms in total. The Morgan fingerprint density at radius 3 is 2.33 bits per heavy atom. The van der Waals surface area contributed by atoms with Gasteiger partial charge in [-0.1, -0.05) is 12.1 Å². The number of amides is 1. The second-order valence-electron chi connectivity index (χ2n) is 6.71. The number of anilines is 1. The molecule has 6 heteroatoms. The summed E-state index contributed by atoms with van der Waals surface area (Å²) in [5.41, 5.74) is 4.61. The molecule has 1 amide bonds. The molecule has 27 heavy (non-hydrogen) atoms. The number of non-ortho nitro benzene ring substituents is 1. The zero-order valence-corrected chi connectivity index (χ0v) is 15.6. The highest BCUT2D eigenvalue weighted by Crippen LogP contribution is 2.24. The van der Waals surface area contributed by atoms with Gasteiger partial charge >= 0.3 is 0 Å². The van der Waals surface area contributed by atoms with Crippen LogP contribution in [-0.4, -0.2) is 41.9 Å². The highest BCUT2D eigenvalue weighted by Gasteiger charge is 2.21. The van der Waals surface area contributed by atoms with Crippen LogP contribution in [0.3, 0.4) is 0 Å². The van der Waals surface area contributed by atoms with Gasteiger partial charge < -0.3 is 9.80 Å². The molecule has 0 bridgehead atoms. The minimum absolute atomic E-state index is 0.0334. The third-order valence-corrected chi connectivity index (χ3v) is 5.03. The molecule has 0 unspecified atom stereocenters. The van der Waals surface area contributed by atoms with Crippen LogP contribution in [0.5, 0.6) is 0 Å². The van der Waals surface area contributed by atoms with Crippen molar-refractivity contribution in [3.8, 4) is 0 Å². The zero-order chi connectivity index (χ0) is 19.4. The molecule has 0 saturated carbocycles. The van der Waals surface area contributed by atoms with Crippen molar-refractivity contribution in [3.05, 3.63) is 75.3 Å². The molecular weight excluding hydrogens is 342 g/mol. The molecule has 0 atom stereocenters. The summed E-state index contributed by atoms with van der Waals surface area (Å²) in [6, 6.07) is 12.5. The number of aryl methyl sites for hydroxylation is 1. The molecule has 0 aromatic heterocycles. The van der Waals surface area contributed by atoms with Crippen LogP contribution in [0.4, 0.5) is 11.4 Å². The average molecular weight is 365 g/mol. The first-order valence-corrected chi connectivity index (χ1v) is 8.98. The Bertz CT molecular complexity index is 867. The van der Waals surface area contributed by atoms with Gasteiger partial charge in [-0.15, -0.1) is 0 Å². The van der Waals surface area contributed by atoms with Gasteiger partial charge in [0.1, 0.15) is 0 Å². The fraction of sp³-hybridized carbons (Fsp3) is 0.286. The van der Waals surface area contributed by atoms with Gasteiger partial charge in [-0.05, 0) is 54.8 Å². The Kier molecular flexibility index (Phi) is 5.54. The quantitative estimate of drug-likeness (QED) is 0.472. The van der Waals surface area contributed by atoms with Gasteiger partial charge in [-0.25, -0.2) is 0 Å². The Morgan fingerprint density at radius 1 is 1.04 bits per heavy atom. The molecule has 1 saturated heterocycles. The van der Waals surface area contributed by atoms with Gasteiger partial charge in [0, 0.05) is 50.1 Å². The minimum Gasteiger partial charge on any atom is -0.368 e. The highest BCUT2D eigenvalue weighted by atomic mass is 16.6. The molecule has 1 fully saturated rings. The zero-order valence-electron chi connectivity index (χ0n) is 15.6. The SMILES string of the molecule is Cc1cccc(N2CCN(C(=O)C=Cc3ccc([N+](=O)[O-])cc3)CC2)c1C. The molecule has 140 valence electrons. The van der Waals surface area contributed by atoms with Gasteiger partial charge in [-0.2, -0.15) is 0 Å². The maximum atomic E-state index is 12.4. The van der Waals surface area contributed by atoms with Gasteiger partial charge in [-0.3, -0.25) is 14.9 Å². The first-order chi connectivity index (χ1) is 13.0. The Morgan fingerprint density at radius 2 is 1.70 bits per heavy atom. The molecule has 1 aliphatic rings. The number of nitro groups is 1. The first kappa shape index (κ1) is 18.6. The average Bonchev–Trinajstić information content (AvgIpc) is 2.68. The van der Waals surface area contributed by atoms with Gasteiger partial charge in [0.2, 0.25) is 5.91 Å². The fourth-order valence-corrected chi connectivity index (χ4v) is 3.23. The summed E-state index contributed by atoms with van der Waals surface area (Å²) in [5, 5.41) is 10.7. The number of hydrogen-bond acceptors (Lipinski definition) is 4. The van der Waals surface area contributed by atoms with Gasteiger partial charge in [0.25, 0.3) is 5.69 Å². The van der Waals surface area contributed by atoms with Crippen LogP contribution in [-0.2, 0) is 4.79 Å². The molecule has 3 rings (SSSR count). The standard InChI is InChI=1S/C21H23N3O3/c1-16-4-3-5-20(17(16)2)22-12-14-23(15-13-22)21(25)11-8-18-6-9-19(10-7-18)24(26)27/h3-11H,12-15H2,1-2H3. The Balaban J connectivity index is 1.58. The summed E-state index contributed by atoms with van der Waals surface area (Å²) in [6.07, 6.45) is 3.23. The van der Waals surface area contributed by atoms with E-state index in [4.69, 9.17) is 0 Å². The molecule has 0 radical (unpaired) electrons. The van der Waals surface area contributed by atoms with Crippen LogP contribution in [0.25, 0.3) is 6.08 Å². The normalized spacial score (nSPS) is 14.6. The second kappa shape index (κ2) is 8.03. The van der Waals surface area contributed by atoms with Crippen molar-refractivity contribution in [2.24, 2.45) is 0 Å². The fourth-order valence-electron chi connectivity index (χ4n) is 3.23. The summed E-state index contributed by atoms with van der Waals surface area (Å²) < 4.78 is 0. The predicted octanol–water partition coefficient (Wildman–Crippen LogP) is 3.57. The summed E-state index contributed by atoms with van der Waals surface area (Å²) in [7, 11) is 0. The number of nitro benzene ring substituents is 1. The smallest absolute Gasteiger partial charge is 0.269 e. The van der Waals surface area contributed by atoms with E-state index in [0.717, 1.165) is 18.7 Å². The van der Waals surface area contributed by atoms with Crippen molar-refractivity contribution in [1.29, 1.82) is 0 Å². The van der Waals surface area contributed by atoms with Crippen molar-refractivity contribution in [2.75, 3.05) is 31.1 Å². The molecule has 2 aromatic rings. The predicted molar refractivity (Wildman–Crippen MR) is 107 cm³/mol. The lowest BCUT2D eigenvalue weighted by Gasteiger charge is -2.36. The molecule has 2 aromatic carbocycles. The molecule has 0 aliphatic carbocycles. The molecule has 1 heterocycles. The maximum absolute atomic E-state index is 12.4. The van der Waals surface area contributed by atoms with Gasteiger partial charge in [0.15, 0.2) is 0 Å². The van der Waals surface area contributed by atoms with E-state index in [2.05, 4.69) is 36.9 Å². The van der Waals surface area contributed by atoms with E-state index in [9.17, 15) is 14.9 Å². The number of rotatable bonds is 4. The highest BCUT2D eigenvalue weighted by molar-refractivity contribution is 5.92. The monoisotopic (exact) mass is 365 g/mol. The number of carbonyl (C=O) groups excluding carboxylic acids is 1. The van der Waals surface area contributed by atoms with Crippen LogP contribution < -0.4 is 4.90 Å². The van der Waals surface area contributed by atoms with Crippen LogP contribution in [0, 0.1) is 24.0 Å². The lowest BCUT2D eigenvalue weighted by atomic mass is 10.1. The van der Waals surface area contributed by atoms with E-state index in [-0.39, 0.29) is 11.6 Å². The summed E-state index contributed by atoms with van der Waals surface area (Å²) in [5.74, 6) is -0.0334. The lowest BCUT2D eigenvalue weighted by Crippen LogP contribution is -2.48. The van der Waals surface area contributed by atoms with E-state index in [1.807, 2.05) is 4.90 Å². The topological polar surface area (TPSA) is 66.7 Å². The number of benzene rings is 2. The molecule has 0 spiro atoms. The second-order valence-corrected chi connectivity index (χ2v) is 6.71. The van der Waals surface area contributed by atoms with E-state index < -0.39 is 4.92 Å². The van der Waals surface area contributed by atoms with Crippen molar-refractivity contribution in [2.45, 2.75) is 13.8 Å². The number of hydrogen-bond donors (Lipinski definition) is 0. The number of nitrogens with zero attached hydrogens (tertiary/aromatic N) is 3. The summed E-state index contributed by atoms with van der Waals surface area (Å²) >= 11 is 0. The first-order valence-electron chi connectivity index (χ1n) is 8.98. The van der Waals surface area contributed by atoms with Crippen molar-refractivity contribution >= 4 is 23.4 Å². The van der Waals surface area contributed by atoms with Gasteiger partial charge in [0.05, 0.1) is 4.92 Å². The van der Waals surface area contributed by atoms with E-state index in [0.29, 0.717) is 13.1 Å². The molecule has 0 N–H and O–H groups in total. The van der Waals surface area contributed by atoms with E-state index >= 15 is 0 Å². The van der Waals surface area contributed by atoms with Crippen molar-refractivity contribution in [3.63, 3.8) is 0 Å². The maximum Gasteiger partial charge on any atom is 0.269 e. The Hall–Kier alpha value is -3.15. The lowest BCUT2D eigenvalue weighted by molar-refractivity contribution is -0.384. The van der Waals surface area contributed by atoms with E-state index in [1.165, 1.54) is 35.0 Å². The molecule has 1 aliphatic heterocycles. The summed E-state index contributed by atoms with van der Waals surface area (Å²) in [4.78, 5) is 26.8. The van der Waals surface area contributed by atoms with Crippen molar-refractivity contribution < 1.29 is 9.72 Å². The van der Waals surface area contributed by atoms with Crippen LogP contribution in [0.15, 0.2) is 48.5 Å². The van der Waals surface area contributed by atoms with E-state index in [1.54, 1.807) is 18.2 Å². The number of carbonyl (C=O) groups is 1. The van der Waals surface area contributed by atoms with Crippen molar-refractivity contribution in [1.82, 2.24) is 4.90 Å². The largest absolute Gasteiger partial charge is 0.368 e. The van der Waals surface area contributed by atoms with Crippen LogP contribution in [0.2, 0.25) is 0 Å². The van der Waals surface area contributed by atoms with Crippen LogP contribution >= 0.6 is 0 Å². The number of piperazine rings is 1. The summed E-state index contributed by atoms with van der Waals surface area (Å²) in [6.45, 7) is 7.22. The minimum atomic E-state index is -0.436. The third kappa shape index (κ3) is 4.34. The van der Waals surface area contributed by atoms with Crippen LogP contribution in [0.1, 0.15) is 16.7 Å². The Labute approximate surface area is 158 Å².